The minimum absolute atomic E-state index is 0.00914. The summed E-state index contributed by atoms with van der Waals surface area (Å²) >= 11 is 0.765. The Hall–Kier alpha value is -2.73. The molecule has 0 aromatic carbocycles. The van der Waals surface area contributed by atoms with Crippen LogP contribution >= 0.6 is 11.8 Å². The van der Waals surface area contributed by atoms with Crippen LogP contribution in [0.1, 0.15) is 0 Å². The first-order valence-electron chi connectivity index (χ1n) is 5.02. The molecular formula is C8H8N8O3S. The van der Waals surface area contributed by atoms with E-state index in [4.69, 9.17) is 11.6 Å². The third-order valence-corrected chi connectivity index (χ3v) is 2.92. The molecule has 0 atom stereocenters. The minimum atomic E-state index is -0.693. The Balaban J connectivity index is 2.48. The predicted molar refractivity (Wildman–Crippen MR) is 69.9 cm³/mol. The van der Waals surface area contributed by atoms with Gasteiger partial charge in [0.25, 0.3) is 5.56 Å². The largest absolute Gasteiger partial charge is 0.383 e. The van der Waals surface area contributed by atoms with Gasteiger partial charge in [0.2, 0.25) is 5.82 Å². The molecule has 11 nitrogen and oxygen atoms in total. The Bertz CT molecular complexity index is 717. The van der Waals surface area contributed by atoms with Crippen LogP contribution in [0.2, 0.25) is 0 Å². The summed E-state index contributed by atoms with van der Waals surface area (Å²) in [4.78, 5) is 35.2. The number of hydrazine groups is 1. The molecule has 2 rings (SSSR count). The van der Waals surface area contributed by atoms with Crippen molar-refractivity contribution in [2.24, 2.45) is 5.84 Å². The van der Waals surface area contributed by atoms with Crippen LogP contribution in [-0.2, 0) is 0 Å². The summed E-state index contributed by atoms with van der Waals surface area (Å²) < 4.78 is 0. The number of nitrogens with zero attached hydrogens (tertiary/aromatic N) is 4. The molecule has 12 heteroatoms. The molecule has 2 aromatic rings. The Kier molecular flexibility index (Phi) is 3.76. The molecule has 20 heavy (non-hydrogen) atoms. The fraction of sp³-hybridized carbons (Fsp3) is 0. The average molecular weight is 296 g/mol. The summed E-state index contributed by atoms with van der Waals surface area (Å²) in [7, 11) is 0. The molecule has 0 aliphatic rings. The molecule has 6 N–H and O–H groups in total. The highest BCUT2D eigenvalue weighted by Gasteiger charge is 2.23. The monoisotopic (exact) mass is 296 g/mol. The number of hydrogen-bond acceptors (Lipinski definition) is 10. The molecule has 0 aliphatic heterocycles. The summed E-state index contributed by atoms with van der Waals surface area (Å²) in [5, 5.41) is 11.1. The maximum atomic E-state index is 11.3. The van der Waals surface area contributed by atoms with Gasteiger partial charge < -0.3 is 16.1 Å². The number of nitrogens with two attached hydrogens (primary N) is 2. The summed E-state index contributed by atoms with van der Waals surface area (Å²) in [6, 6.07) is 1.09. The van der Waals surface area contributed by atoms with Gasteiger partial charge in [-0.3, -0.25) is 14.9 Å². The van der Waals surface area contributed by atoms with Crippen molar-refractivity contribution in [2.75, 3.05) is 11.2 Å². The molecule has 0 amide bonds. The number of aromatic amines is 1. The van der Waals surface area contributed by atoms with Gasteiger partial charge in [-0.1, -0.05) is 0 Å². The number of rotatable bonds is 4. The van der Waals surface area contributed by atoms with Crippen LogP contribution in [0.25, 0.3) is 0 Å². The average Bonchev–Trinajstić information content (AvgIpc) is 2.36. The Morgan fingerprint density at radius 3 is 2.80 bits per heavy atom. The van der Waals surface area contributed by atoms with Gasteiger partial charge in [0.05, 0.1) is 4.92 Å². The fourth-order valence-corrected chi connectivity index (χ4v) is 2.15. The van der Waals surface area contributed by atoms with Gasteiger partial charge in [0, 0.05) is 6.07 Å². The van der Waals surface area contributed by atoms with Crippen LogP contribution in [0.15, 0.2) is 27.4 Å². The van der Waals surface area contributed by atoms with Gasteiger partial charge in [-0.15, -0.1) is 0 Å². The molecular weight excluding hydrogens is 288 g/mol. The lowest BCUT2D eigenvalue weighted by Crippen LogP contribution is -2.12. The van der Waals surface area contributed by atoms with E-state index in [9.17, 15) is 14.9 Å². The first-order chi connectivity index (χ1) is 9.51. The van der Waals surface area contributed by atoms with Crippen molar-refractivity contribution < 1.29 is 4.92 Å². The molecule has 0 fully saturated rings. The van der Waals surface area contributed by atoms with E-state index in [1.54, 1.807) is 0 Å². The highest BCUT2D eigenvalue weighted by atomic mass is 32.2. The van der Waals surface area contributed by atoms with Crippen molar-refractivity contribution in [1.29, 1.82) is 0 Å². The smallest absolute Gasteiger partial charge is 0.345 e. The maximum absolute atomic E-state index is 11.3. The zero-order valence-corrected chi connectivity index (χ0v) is 10.5. The standard InChI is InChI=1S/C8H8N8O3S/c9-3-1-4(17)14-8(13-3)20-7-5(16(18)19)6(15-10)11-2-12-7/h1-2H,10H2,(H,11,12,15)(H3,9,13,14,17). The quantitative estimate of drug-likeness (QED) is 0.188. The number of aromatic nitrogens is 4. The summed E-state index contributed by atoms with van der Waals surface area (Å²) in [6.45, 7) is 0. The molecule has 0 saturated heterocycles. The first kappa shape index (κ1) is 13.7. The van der Waals surface area contributed by atoms with Crippen LogP contribution in [0, 0.1) is 10.1 Å². The van der Waals surface area contributed by atoms with Gasteiger partial charge in [0.1, 0.15) is 12.1 Å². The third kappa shape index (κ3) is 2.81. The van der Waals surface area contributed by atoms with Crippen molar-refractivity contribution in [2.45, 2.75) is 10.2 Å². The van der Waals surface area contributed by atoms with Crippen LogP contribution in [0.5, 0.6) is 0 Å². The highest BCUT2D eigenvalue weighted by Crippen LogP contribution is 2.34. The van der Waals surface area contributed by atoms with E-state index in [1.807, 2.05) is 0 Å². The van der Waals surface area contributed by atoms with Gasteiger partial charge in [-0.2, -0.15) is 0 Å². The Labute approximate surface area is 115 Å². The number of hydrogen-bond donors (Lipinski definition) is 4. The SMILES string of the molecule is NNc1ncnc(Sc2nc(N)cc(=O)[nH]2)c1[N+](=O)[O-]. The van der Waals surface area contributed by atoms with E-state index in [0.29, 0.717) is 0 Å². The maximum Gasteiger partial charge on any atom is 0.345 e. The van der Waals surface area contributed by atoms with Crippen molar-refractivity contribution in [1.82, 2.24) is 19.9 Å². The molecule has 0 aliphatic carbocycles. The van der Waals surface area contributed by atoms with E-state index in [-0.39, 0.29) is 21.8 Å². The molecule has 0 unspecified atom stereocenters. The van der Waals surface area contributed by atoms with Gasteiger partial charge in [0.15, 0.2) is 10.2 Å². The van der Waals surface area contributed by atoms with Crippen LogP contribution in [-0.4, -0.2) is 24.9 Å². The van der Waals surface area contributed by atoms with E-state index < -0.39 is 16.2 Å². The van der Waals surface area contributed by atoms with Crippen LogP contribution in [0.3, 0.4) is 0 Å². The number of H-pyrrole nitrogens is 1. The predicted octanol–water partition coefficient (Wildman–Crippen LogP) is -0.513. The molecule has 0 bridgehead atoms. The molecule has 0 saturated carbocycles. The highest BCUT2D eigenvalue weighted by molar-refractivity contribution is 7.99. The topological polar surface area (TPSA) is 179 Å². The Morgan fingerprint density at radius 1 is 1.45 bits per heavy atom. The molecule has 0 spiro atoms. The lowest BCUT2D eigenvalue weighted by Gasteiger charge is -2.04. The third-order valence-electron chi connectivity index (χ3n) is 2.04. The number of anilines is 2. The minimum Gasteiger partial charge on any atom is -0.383 e. The van der Waals surface area contributed by atoms with E-state index in [1.165, 1.54) is 0 Å². The lowest BCUT2D eigenvalue weighted by molar-refractivity contribution is -0.387. The van der Waals surface area contributed by atoms with Gasteiger partial charge in [-0.25, -0.2) is 20.8 Å². The van der Waals surface area contributed by atoms with E-state index >= 15 is 0 Å². The van der Waals surface area contributed by atoms with Crippen molar-refractivity contribution in [3.8, 4) is 0 Å². The van der Waals surface area contributed by atoms with Crippen molar-refractivity contribution >= 4 is 29.1 Å². The van der Waals surface area contributed by atoms with Crippen LogP contribution < -0.4 is 22.6 Å². The number of nitrogen functional groups attached to an aromatic ring is 2. The summed E-state index contributed by atoms with van der Waals surface area (Å²) in [6.07, 6.45) is 1.09. The molecule has 104 valence electrons. The van der Waals surface area contributed by atoms with Crippen molar-refractivity contribution in [3.05, 3.63) is 32.9 Å². The van der Waals surface area contributed by atoms with Gasteiger partial charge >= 0.3 is 5.69 Å². The second kappa shape index (κ2) is 5.50. The molecule has 0 radical (unpaired) electrons. The van der Waals surface area contributed by atoms with Crippen LogP contribution in [0.4, 0.5) is 17.3 Å². The molecule has 2 heterocycles. The fourth-order valence-electron chi connectivity index (χ4n) is 1.30. The Morgan fingerprint density at radius 2 is 2.20 bits per heavy atom. The zero-order valence-electron chi connectivity index (χ0n) is 9.73. The number of nitro groups is 1. The zero-order chi connectivity index (χ0) is 14.7. The van der Waals surface area contributed by atoms with E-state index in [2.05, 4.69) is 25.4 Å². The summed E-state index contributed by atoms with van der Waals surface area (Å²) in [5.74, 6) is 4.99. The second-order valence-electron chi connectivity index (χ2n) is 3.35. The number of nitrogens with one attached hydrogen (secondary N) is 2. The second-order valence-corrected chi connectivity index (χ2v) is 4.33. The van der Waals surface area contributed by atoms with E-state index in [0.717, 1.165) is 24.2 Å². The summed E-state index contributed by atoms with van der Waals surface area (Å²) in [5.41, 5.74) is 6.62. The first-order valence-corrected chi connectivity index (χ1v) is 5.83. The van der Waals surface area contributed by atoms with Gasteiger partial charge in [-0.05, 0) is 11.8 Å². The molecule has 2 aromatic heterocycles. The van der Waals surface area contributed by atoms with Crippen molar-refractivity contribution in [3.63, 3.8) is 0 Å². The lowest BCUT2D eigenvalue weighted by atomic mass is 10.5. The normalized spacial score (nSPS) is 10.2.